The number of carbonyl (C=O) groups is 1. The van der Waals surface area contributed by atoms with Gasteiger partial charge in [0.25, 0.3) is 0 Å². The number of hydrogen-bond donors (Lipinski definition) is 3. The van der Waals surface area contributed by atoms with E-state index in [1.807, 2.05) is 30.3 Å². The Morgan fingerprint density at radius 1 is 1.19 bits per heavy atom. The lowest BCUT2D eigenvalue weighted by molar-refractivity contribution is -0.132. The maximum absolute atomic E-state index is 12.7. The normalized spacial score (nSPS) is 19.5. The van der Waals surface area contributed by atoms with Crippen molar-refractivity contribution in [3.63, 3.8) is 0 Å². The van der Waals surface area contributed by atoms with Crippen LogP contribution in [-0.2, 0) is 4.79 Å². The highest BCUT2D eigenvalue weighted by Crippen LogP contribution is 2.35. The third-order valence-corrected chi connectivity index (χ3v) is 4.62. The van der Waals surface area contributed by atoms with E-state index in [0.29, 0.717) is 6.54 Å². The van der Waals surface area contributed by atoms with E-state index in [2.05, 4.69) is 5.32 Å². The first kappa shape index (κ1) is 16.0. The number of aliphatic hydroxyl groups excluding tert-OH is 1. The number of rotatable bonds is 5. The summed E-state index contributed by atoms with van der Waals surface area (Å²) < 4.78 is 0. The van der Waals surface area contributed by atoms with E-state index in [1.165, 1.54) is 12.8 Å². The summed E-state index contributed by atoms with van der Waals surface area (Å²) in [6.45, 7) is 0.280. The SMILES string of the molecule is NCC1(C(=O)N[C@@H](CO)c2ccccc2)CCCCCC1. The van der Waals surface area contributed by atoms with E-state index >= 15 is 0 Å². The standard InChI is InChI=1S/C17H26N2O2/c18-13-17(10-6-1-2-7-11-17)16(21)19-15(12-20)14-8-4-3-5-9-14/h3-5,8-9,15,20H,1-2,6-7,10-13,18H2,(H,19,21)/t15-/m0/s1. The van der Waals surface area contributed by atoms with Gasteiger partial charge in [-0.2, -0.15) is 0 Å². The monoisotopic (exact) mass is 290 g/mol. The number of carbonyl (C=O) groups excluding carboxylic acids is 1. The molecule has 1 aliphatic carbocycles. The Bertz CT molecular complexity index is 439. The number of aliphatic hydroxyl groups is 1. The second-order valence-corrected chi connectivity index (χ2v) is 6.02. The molecule has 4 nitrogen and oxygen atoms in total. The Kier molecular flexibility index (Phi) is 5.76. The molecule has 0 saturated heterocycles. The van der Waals surface area contributed by atoms with Crippen LogP contribution < -0.4 is 11.1 Å². The van der Waals surface area contributed by atoms with E-state index in [0.717, 1.165) is 31.2 Å². The van der Waals surface area contributed by atoms with Crippen LogP contribution in [-0.4, -0.2) is 24.2 Å². The maximum Gasteiger partial charge on any atom is 0.228 e. The van der Waals surface area contributed by atoms with Gasteiger partial charge >= 0.3 is 0 Å². The van der Waals surface area contributed by atoms with Crippen molar-refractivity contribution in [2.24, 2.45) is 11.1 Å². The highest BCUT2D eigenvalue weighted by atomic mass is 16.3. The maximum atomic E-state index is 12.7. The van der Waals surface area contributed by atoms with Gasteiger partial charge in [0.15, 0.2) is 0 Å². The lowest BCUT2D eigenvalue weighted by Crippen LogP contribution is -2.47. The van der Waals surface area contributed by atoms with Gasteiger partial charge in [-0.05, 0) is 18.4 Å². The van der Waals surface area contributed by atoms with E-state index in [1.54, 1.807) is 0 Å². The molecular formula is C17H26N2O2. The van der Waals surface area contributed by atoms with Gasteiger partial charge in [-0.25, -0.2) is 0 Å². The van der Waals surface area contributed by atoms with E-state index in [9.17, 15) is 9.90 Å². The molecule has 0 unspecified atom stereocenters. The highest BCUT2D eigenvalue weighted by molar-refractivity contribution is 5.83. The van der Waals surface area contributed by atoms with Crippen LogP contribution >= 0.6 is 0 Å². The molecule has 116 valence electrons. The summed E-state index contributed by atoms with van der Waals surface area (Å²) in [5, 5.41) is 12.6. The first-order valence-electron chi connectivity index (χ1n) is 7.89. The molecule has 1 saturated carbocycles. The van der Waals surface area contributed by atoms with Crippen molar-refractivity contribution in [3.05, 3.63) is 35.9 Å². The molecular weight excluding hydrogens is 264 g/mol. The van der Waals surface area contributed by atoms with Gasteiger partial charge in [-0.1, -0.05) is 56.0 Å². The van der Waals surface area contributed by atoms with Crippen LogP contribution in [0.1, 0.15) is 50.1 Å². The molecule has 0 aromatic heterocycles. The summed E-state index contributed by atoms with van der Waals surface area (Å²) in [5.74, 6) is -0.00481. The molecule has 0 bridgehead atoms. The van der Waals surface area contributed by atoms with Crippen LogP contribution in [0.3, 0.4) is 0 Å². The third kappa shape index (κ3) is 3.83. The smallest absolute Gasteiger partial charge is 0.228 e. The minimum atomic E-state index is -0.460. The molecule has 4 heteroatoms. The quantitative estimate of drug-likeness (QED) is 0.727. The fourth-order valence-electron chi connectivity index (χ4n) is 3.16. The molecule has 2 rings (SSSR count). The summed E-state index contributed by atoms with van der Waals surface area (Å²) in [6, 6.07) is 9.23. The van der Waals surface area contributed by atoms with Crippen LogP contribution in [0, 0.1) is 5.41 Å². The lowest BCUT2D eigenvalue weighted by Gasteiger charge is -2.32. The second kappa shape index (κ2) is 7.57. The van der Waals surface area contributed by atoms with Crippen molar-refractivity contribution < 1.29 is 9.90 Å². The van der Waals surface area contributed by atoms with Crippen molar-refractivity contribution in [1.82, 2.24) is 5.32 Å². The first-order chi connectivity index (χ1) is 10.2. The van der Waals surface area contributed by atoms with Crippen LogP contribution in [0.2, 0.25) is 0 Å². The second-order valence-electron chi connectivity index (χ2n) is 6.02. The Morgan fingerprint density at radius 3 is 2.33 bits per heavy atom. The fraction of sp³-hybridized carbons (Fsp3) is 0.588. The molecule has 1 atom stereocenters. The molecule has 21 heavy (non-hydrogen) atoms. The first-order valence-corrected chi connectivity index (χ1v) is 7.89. The Hall–Kier alpha value is -1.39. The van der Waals surface area contributed by atoms with Crippen molar-refractivity contribution in [1.29, 1.82) is 0 Å². The third-order valence-electron chi connectivity index (χ3n) is 4.62. The summed E-state index contributed by atoms with van der Waals surface area (Å²) in [5.41, 5.74) is 6.41. The number of benzene rings is 1. The molecule has 0 heterocycles. The van der Waals surface area contributed by atoms with E-state index in [-0.39, 0.29) is 18.6 Å². The van der Waals surface area contributed by atoms with Gasteiger partial charge in [-0.3, -0.25) is 4.79 Å². The molecule has 0 aliphatic heterocycles. The van der Waals surface area contributed by atoms with Gasteiger partial charge in [0.05, 0.1) is 18.1 Å². The number of amides is 1. The van der Waals surface area contributed by atoms with Crippen LogP contribution in [0.15, 0.2) is 30.3 Å². The molecule has 1 amide bonds. The molecule has 1 fully saturated rings. The number of nitrogens with one attached hydrogen (secondary N) is 1. The zero-order valence-electron chi connectivity index (χ0n) is 12.6. The van der Waals surface area contributed by atoms with Gasteiger partial charge in [-0.15, -0.1) is 0 Å². The summed E-state index contributed by atoms with van der Waals surface area (Å²) in [6.07, 6.45) is 6.17. The lowest BCUT2D eigenvalue weighted by atomic mass is 9.79. The average Bonchev–Trinajstić information content (AvgIpc) is 2.79. The van der Waals surface area contributed by atoms with Crippen LogP contribution in [0.4, 0.5) is 0 Å². The minimum Gasteiger partial charge on any atom is -0.394 e. The zero-order chi connectivity index (χ0) is 15.1. The van der Waals surface area contributed by atoms with Gasteiger partial charge in [0.2, 0.25) is 5.91 Å². The molecule has 1 aromatic rings. The highest BCUT2D eigenvalue weighted by Gasteiger charge is 2.38. The molecule has 1 aromatic carbocycles. The van der Waals surface area contributed by atoms with Gasteiger partial charge in [0, 0.05) is 6.54 Å². The van der Waals surface area contributed by atoms with Crippen molar-refractivity contribution in [2.75, 3.05) is 13.2 Å². The molecule has 4 N–H and O–H groups in total. The molecule has 0 spiro atoms. The van der Waals surface area contributed by atoms with E-state index < -0.39 is 5.41 Å². The Morgan fingerprint density at radius 2 is 1.81 bits per heavy atom. The fourth-order valence-corrected chi connectivity index (χ4v) is 3.16. The summed E-state index contributed by atoms with van der Waals surface area (Å²) in [7, 11) is 0. The van der Waals surface area contributed by atoms with Gasteiger partial charge < -0.3 is 16.2 Å². The van der Waals surface area contributed by atoms with Crippen molar-refractivity contribution in [3.8, 4) is 0 Å². The summed E-state index contributed by atoms with van der Waals surface area (Å²) >= 11 is 0. The van der Waals surface area contributed by atoms with Gasteiger partial charge in [0.1, 0.15) is 0 Å². The predicted octanol–water partition coefficient (Wildman–Crippen LogP) is 2.14. The number of hydrogen-bond acceptors (Lipinski definition) is 3. The number of nitrogens with two attached hydrogens (primary N) is 1. The predicted molar refractivity (Wildman–Crippen MR) is 83.6 cm³/mol. The van der Waals surface area contributed by atoms with Crippen molar-refractivity contribution >= 4 is 5.91 Å². The van der Waals surface area contributed by atoms with Crippen LogP contribution in [0.5, 0.6) is 0 Å². The largest absolute Gasteiger partial charge is 0.394 e. The van der Waals surface area contributed by atoms with Crippen molar-refractivity contribution in [2.45, 2.75) is 44.6 Å². The zero-order valence-corrected chi connectivity index (χ0v) is 12.6. The Balaban J connectivity index is 2.10. The van der Waals surface area contributed by atoms with Crippen LogP contribution in [0.25, 0.3) is 0 Å². The Labute approximate surface area is 126 Å². The molecule has 0 radical (unpaired) electrons. The average molecular weight is 290 g/mol. The minimum absolute atomic E-state index is 0.00481. The summed E-state index contributed by atoms with van der Waals surface area (Å²) in [4.78, 5) is 12.7. The van der Waals surface area contributed by atoms with E-state index in [4.69, 9.17) is 5.73 Å². The molecule has 1 aliphatic rings. The topological polar surface area (TPSA) is 75.4 Å².